The van der Waals surface area contributed by atoms with E-state index < -0.39 is 16.7 Å². The number of benzene rings is 1. The molecule has 3 aromatic rings. The Morgan fingerprint density at radius 2 is 1.89 bits per heavy atom. The molecule has 4 rings (SSSR count). The van der Waals surface area contributed by atoms with Crippen molar-refractivity contribution in [1.29, 1.82) is 0 Å². The van der Waals surface area contributed by atoms with Crippen LogP contribution in [0.3, 0.4) is 0 Å². The zero-order valence-electron chi connectivity index (χ0n) is 19.1. The van der Waals surface area contributed by atoms with E-state index in [0.717, 1.165) is 28.8 Å². The summed E-state index contributed by atoms with van der Waals surface area (Å²) in [5.41, 5.74) is 3.25. The minimum atomic E-state index is -0.525. The predicted molar refractivity (Wildman–Crippen MR) is 132 cm³/mol. The Balaban J connectivity index is 1.59. The van der Waals surface area contributed by atoms with E-state index in [2.05, 4.69) is 10.3 Å². The van der Waals surface area contributed by atoms with Crippen molar-refractivity contribution in [2.45, 2.75) is 20.8 Å². The number of nitrogens with zero attached hydrogens (tertiary/aromatic N) is 4. The molecule has 1 N–H and O–H groups in total. The second-order valence-corrected chi connectivity index (χ2v) is 8.12. The van der Waals surface area contributed by atoms with Crippen LogP contribution in [0.1, 0.15) is 23.9 Å². The molecule has 0 saturated carbocycles. The molecule has 0 unspecified atom stereocenters. The van der Waals surface area contributed by atoms with Crippen molar-refractivity contribution in [2.24, 2.45) is 0 Å². The molecule has 11 heteroatoms. The van der Waals surface area contributed by atoms with Gasteiger partial charge in [-0.25, -0.2) is 4.98 Å². The number of nitrogens with one attached hydrogen (secondary N) is 1. The lowest BCUT2D eigenvalue weighted by molar-refractivity contribution is -0.385. The summed E-state index contributed by atoms with van der Waals surface area (Å²) < 4.78 is 7.67. The maximum Gasteiger partial charge on any atom is 0.287 e. The third-order valence-corrected chi connectivity index (χ3v) is 5.84. The molecule has 1 aromatic carbocycles. The van der Waals surface area contributed by atoms with Crippen LogP contribution in [0.25, 0.3) is 11.8 Å². The molecule has 35 heavy (non-hydrogen) atoms. The van der Waals surface area contributed by atoms with Gasteiger partial charge in [-0.3, -0.25) is 29.9 Å². The van der Waals surface area contributed by atoms with Crippen LogP contribution in [0.2, 0.25) is 0 Å². The molecule has 0 bridgehead atoms. The summed E-state index contributed by atoms with van der Waals surface area (Å²) in [7, 11) is 0. The molecular weight excluding hydrogens is 470 g/mol. The smallest absolute Gasteiger partial charge is 0.287 e. The molecule has 0 aliphatic carbocycles. The number of ether oxygens (including phenoxy) is 1. The van der Waals surface area contributed by atoms with Gasteiger partial charge in [0.05, 0.1) is 4.92 Å². The third kappa shape index (κ3) is 4.66. The topological polar surface area (TPSA) is 120 Å². The number of rotatable bonds is 6. The van der Waals surface area contributed by atoms with Gasteiger partial charge in [0.2, 0.25) is 5.88 Å². The van der Waals surface area contributed by atoms with Crippen LogP contribution in [0.4, 0.5) is 5.69 Å². The summed E-state index contributed by atoms with van der Waals surface area (Å²) in [5.74, 6) is -0.190. The molecule has 0 radical (unpaired) electrons. The second kappa shape index (κ2) is 9.47. The van der Waals surface area contributed by atoms with Gasteiger partial charge in [0.25, 0.3) is 17.5 Å². The molecule has 10 nitrogen and oxygen atoms in total. The average Bonchev–Trinajstić information content (AvgIpc) is 3.10. The Morgan fingerprint density at radius 3 is 2.49 bits per heavy atom. The molecular formula is C24H21N5O5S. The van der Waals surface area contributed by atoms with E-state index in [1.165, 1.54) is 17.0 Å². The first-order valence-corrected chi connectivity index (χ1v) is 11.1. The predicted octanol–water partition coefficient (Wildman–Crippen LogP) is 3.84. The fraction of sp³-hybridized carbons (Fsp3) is 0.167. The zero-order valence-corrected chi connectivity index (χ0v) is 20.0. The minimum Gasteiger partial charge on any atom is -0.439 e. The van der Waals surface area contributed by atoms with Crippen LogP contribution in [-0.4, -0.2) is 42.8 Å². The fourth-order valence-corrected chi connectivity index (χ4v) is 4.10. The van der Waals surface area contributed by atoms with Gasteiger partial charge >= 0.3 is 0 Å². The number of pyridine rings is 1. The van der Waals surface area contributed by atoms with Gasteiger partial charge in [-0.1, -0.05) is 0 Å². The van der Waals surface area contributed by atoms with Crippen LogP contribution in [0.5, 0.6) is 11.6 Å². The maximum absolute atomic E-state index is 12.7. The van der Waals surface area contributed by atoms with Gasteiger partial charge in [-0.05, 0) is 75.0 Å². The summed E-state index contributed by atoms with van der Waals surface area (Å²) in [6, 6.07) is 11.9. The van der Waals surface area contributed by atoms with E-state index in [1.54, 1.807) is 25.1 Å². The number of amides is 2. The SMILES string of the molecule is CCN1C(=O)/C(=C/c2cc(C)n(-c3ccc(Oc4ccc([N+](=O)[O-])cn4)cc3)c2C)C(=O)NC1=S. The highest BCUT2D eigenvalue weighted by molar-refractivity contribution is 7.80. The Hall–Kier alpha value is -4.38. The number of hydrogen-bond donors (Lipinski definition) is 1. The molecule has 1 aliphatic rings. The Bertz CT molecular complexity index is 1380. The molecule has 0 atom stereocenters. The Morgan fingerprint density at radius 1 is 1.17 bits per heavy atom. The van der Waals surface area contributed by atoms with Crippen molar-refractivity contribution >= 4 is 40.9 Å². The van der Waals surface area contributed by atoms with Crippen LogP contribution in [0.15, 0.2) is 54.2 Å². The van der Waals surface area contributed by atoms with Gasteiger partial charge in [0, 0.05) is 35.8 Å². The van der Waals surface area contributed by atoms with Crippen LogP contribution in [-0.2, 0) is 9.59 Å². The van der Waals surface area contributed by atoms with E-state index in [4.69, 9.17) is 17.0 Å². The van der Waals surface area contributed by atoms with Crippen molar-refractivity contribution in [3.63, 3.8) is 0 Å². The molecule has 1 saturated heterocycles. The van der Waals surface area contributed by atoms with E-state index in [9.17, 15) is 19.7 Å². The highest BCUT2D eigenvalue weighted by atomic mass is 32.1. The molecule has 1 aliphatic heterocycles. The van der Waals surface area contributed by atoms with Crippen molar-refractivity contribution < 1.29 is 19.2 Å². The van der Waals surface area contributed by atoms with Gasteiger partial charge in [0.15, 0.2) is 5.11 Å². The molecule has 0 spiro atoms. The second-order valence-electron chi connectivity index (χ2n) is 7.74. The lowest BCUT2D eigenvalue weighted by Crippen LogP contribution is -2.53. The fourth-order valence-electron chi connectivity index (χ4n) is 3.79. The van der Waals surface area contributed by atoms with E-state index in [-0.39, 0.29) is 22.3 Å². The summed E-state index contributed by atoms with van der Waals surface area (Å²) in [5, 5.41) is 13.4. The number of carbonyl (C=O) groups excluding carboxylic acids is 2. The summed E-state index contributed by atoms with van der Waals surface area (Å²) in [6.45, 7) is 5.98. The number of aryl methyl sites for hydroxylation is 1. The molecule has 3 heterocycles. The molecule has 2 amide bonds. The highest BCUT2D eigenvalue weighted by Gasteiger charge is 2.32. The number of likely N-dealkylation sites (N-methyl/N-ethyl adjacent to an activating group) is 1. The van der Waals surface area contributed by atoms with Gasteiger partial charge in [-0.2, -0.15) is 0 Å². The first-order valence-electron chi connectivity index (χ1n) is 10.7. The number of hydrogen-bond acceptors (Lipinski definition) is 7. The summed E-state index contributed by atoms with van der Waals surface area (Å²) in [6.07, 6.45) is 2.72. The van der Waals surface area contributed by atoms with E-state index in [1.807, 2.05) is 36.6 Å². The van der Waals surface area contributed by atoms with Gasteiger partial charge < -0.3 is 9.30 Å². The summed E-state index contributed by atoms with van der Waals surface area (Å²) in [4.78, 5) is 40.7. The maximum atomic E-state index is 12.7. The zero-order chi connectivity index (χ0) is 25.3. The minimum absolute atomic E-state index is 0.0278. The van der Waals surface area contributed by atoms with Crippen molar-refractivity contribution in [3.05, 3.63) is 81.3 Å². The lowest BCUT2D eigenvalue weighted by Gasteiger charge is -2.27. The Kier molecular flexibility index (Phi) is 6.43. The van der Waals surface area contributed by atoms with Crippen LogP contribution >= 0.6 is 12.2 Å². The van der Waals surface area contributed by atoms with E-state index in [0.29, 0.717) is 12.3 Å². The monoisotopic (exact) mass is 491 g/mol. The van der Waals surface area contributed by atoms with E-state index >= 15 is 0 Å². The normalized spacial score (nSPS) is 14.9. The number of nitro groups is 1. The first kappa shape index (κ1) is 23.8. The number of aromatic nitrogens is 2. The van der Waals surface area contributed by atoms with Crippen LogP contribution < -0.4 is 10.1 Å². The van der Waals surface area contributed by atoms with Gasteiger partial charge in [-0.15, -0.1) is 0 Å². The molecule has 2 aromatic heterocycles. The van der Waals surface area contributed by atoms with Crippen molar-refractivity contribution in [1.82, 2.24) is 19.8 Å². The largest absolute Gasteiger partial charge is 0.439 e. The van der Waals surface area contributed by atoms with Crippen molar-refractivity contribution in [2.75, 3.05) is 6.54 Å². The number of carbonyl (C=O) groups is 2. The highest BCUT2D eigenvalue weighted by Crippen LogP contribution is 2.27. The standard InChI is InChI=1S/C24H21N5O5S/c1-4-27-23(31)20(22(30)26-24(27)35)12-16-11-14(2)28(15(16)3)17-5-8-19(9-6-17)34-21-10-7-18(13-25-21)29(32)33/h5-13H,4H2,1-3H3,(H,26,30,35)/b20-12+. The quantitative estimate of drug-likeness (QED) is 0.183. The lowest BCUT2D eigenvalue weighted by atomic mass is 10.1. The van der Waals surface area contributed by atoms with Crippen molar-refractivity contribution in [3.8, 4) is 17.3 Å². The average molecular weight is 492 g/mol. The van der Waals surface area contributed by atoms with Crippen LogP contribution in [0, 0.1) is 24.0 Å². The number of thiocarbonyl (C=S) groups is 1. The third-order valence-electron chi connectivity index (χ3n) is 5.52. The molecule has 1 fully saturated rings. The first-order chi connectivity index (χ1) is 16.7. The Labute approximate surface area is 206 Å². The summed E-state index contributed by atoms with van der Waals surface area (Å²) >= 11 is 5.08. The van der Waals surface area contributed by atoms with Gasteiger partial charge in [0.1, 0.15) is 17.5 Å². The molecule has 178 valence electrons.